The summed E-state index contributed by atoms with van der Waals surface area (Å²) in [4.78, 5) is 34.7. The largest absolute Gasteiger partial charge is 0.458 e. The normalized spacial score (nSPS) is 10.3. The highest BCUT2D eigenvalue weighted by Crippen LogP contribution is 2.02. The summed E-state index contributed by atoms with van der Waals surface area (Å²) in [6.07, 6.45) is 1.91. The van der Waals surface area contributed by atoms with E-state index in [2.05, 4.69) is 0 Å². The van der Waals surface area contributed by atoms with Crippen LogP contribution >= 0.6 is 0 Å². The summed E-state index contributed by atoms with van der Waals surface area (Å²) in [6.45, 7) is -0.266. The molecular weight excluding hydrogens is 308 g/mol. The molecule has 0 aliphatic heterocycles. The van der Waals surface area contributed by atoms with Crippen molar-refractivity contribution in [3.05, 3.63) is 83.9 Å². The molecule has 0 radical (unpaired) electrons. The lowest BCUT2D eigenvalue weighted by molar-refractivity contribution is -0.140. The summed E-state index contributed by atoms with van der Waals surface area (Å²) in [5.74, 6) is -1.76. The Bertz CT molecular complexity index is 720. The van der Waals surface area contributed by atoms with Crippen LogP contribution in [0.5, 0.6) is 0 Å². The van der Waals surface area contributed by atoms with Crippen molar-refractivity contribution in [1.29, 1.82) is 0 Å². The van der Waals surface area contributed by atoms with Gasteiger partial charge in [0, 0.05) is 17.7 Å². The maximum absolute atomic E-state index is 11.8. The Morgan fingerprint density at radius 1 is 0.750 bits per heavy atom. The molecule has 0 atom stereocenters. The van der Waals surface area contributed by atoms with Gasteiger partial charge in [0.1, 0.15) is 6.61 Å². The highest BCUT2D eigenvalue weighted by Gasteiger charge is 2.08. The fraction of sp³-hybridized carbons (Fsp3) is 0.105. The van der Waals surface area contributed by atoms with Gasteiger partial charge in [-0.25, -0.2) is 9.59 Å². The van der Waals surface area contributed by atoms with E-state index >= 15 is 0 Å². The van der Waals surface area contributed by atoms with Gasteiger partial charge in [-0.05, 0) is 5.56 Å². The number of ketones is 1. The predicted molar refractivity (Wildman–Crippen MR) is 87.1 cm³/mol. The summed E-state index contributed by atoms with van der Waals surface area (Å²) in [7, 11) is 0. The highest BCUT2D eigenvalue weighted by molar-refractivity contribution is 5.99. The number of hydrogen-bond donors (Lipinski definition) is 0. The van der Waals surface area contributed by atoms with Gasteiger partial charge in [0.25, 0.3) is 0 Å². The SMILES string of the molecule is O=C(/C=C/C(=O)OCc1ccccc1)OCC(=O)c1ccccc1. The molecule has 24 heavy (non-hydrogen) atoms. The number of esters is 2. The van der Waals surface area contributed by atoms with Crippen LogP contribution in [0.2, 0.25) is 0 Å². The minimum absolute atomic E-state index is 0.117. The van der Waals surface area contributed by atoms with Crippen LogP contribution in [0, 0.1) is 0 Å². The molecule has 5 heteroatoms. The summed E-state index contributed by atoms with van der Waals surface area (Å²) < 4.78 is 9.76. The smallest absolute Gasteiger partial charge is 0.331 e. The zero-order chi connectivity index (χ0) is 17.2. The van der Waals surface area contributed by atoms with Crippen molar-refractivity contribution in [2.24, 2.45) is 0 Å². The number of ether oxygens (including phenoxy) is 2. The van der Waals surface area contributed by atoms with E-state index in [0.29, 0.717) is 5.56 Å². The van der Waals surface area contributed by atoms with Crippen LogP contribution in [0.15, 0.2) is 72.8 Å². The second-order valence-electron chi connectivity index (χ2n) is 4.82. The Morgan fingerprint density at radius 3 is 1.92 bits per heavy atom. The van der Waals surface area contributed by atoms with Crippen molar-refractivity contribution in [2.45, 2.75) is 6.61 Å². The van der Waals surface area contributed by atoms with Gasteiger partial charge in [-0.3, -0.25) is 4.79 Å². The molecule has 0 aromatic heterocycles. The van der Waals surface area contributed by atoms with E-state index in [1.807, 2.05) is 30.3 Å². The van der Waals surface area contributed by atoms with Crippen molar-refractivity contribution >= 4 is 17.7 Å². The fourth-order valence-electron chi connectivity index (χ4n) is 1.81. The van der Waals surface area contributed by atoms with E-state index < -0.39 is 11.9 Å². The zero-order valence-corrected chi connectivity index (χ0v) is 12.9. The molecule has 0 fully saturated rings. The van der Waals surface area contributed by atoms with Gasteiger partial charge in [0.2, 0.25) is 0 Å². The van der Waals surface area contributed by atoms with Gasteiger partial charge in [0.05, 0.1) is 0 Å². The van der Waals surface area contributed by atoms with Crippen LogP contribution in [0.1, 0.15) is 15.9 Å². The number of carbonyl (C=O) groups excluding carboxylic acids is 3. The van der Waals surface area contributed by atoms with Crippen LogP contribution in [0.25, 0.3) is 0 Å². The summed E-state index contributed by atoms with van der Waals surface area (Å²) in [5, 5.41) is 0. The van der Waals surface area contributed by atoms with Crippen molar-refractivity contribution < 1.29 is 23.9 Å². The average Bonchev–Trinajstić information content (AvgIpc) is 2.64. The first-order chi connectivity index (χ1) is 11.6. The summed E-state index contributed by atoms with van der Waals surface area (Å²) in [5.41, 5.74) is 1.30. The molecule has 0 amide bonds. The Labute approximate surface area is 139 Å². The Morgan fingerprint density at radius 2 is 1.29 bits per heavy atom. The molecule has 0 heterocycles. The van der Waals surface area contributed by atoms with Gasteiger partial charge < -0.3 is 9.47 Å². The quantitative estimate of drug-likeness (QED) is 0.445. The van der Waals surface area contributed by atoms with Gasteiger partial charge in [-0.1, -0.05) is 60.7 Å². The fourth-order valence-corrected chi connectivity index (χ4v) is 1.81. The molecular formula is C19H16O5. The Kier molecular flexibility index (Phi) is 6.46. The van der Waals surface area contributed by atoms with Gasteiger partial charge in [0.15, 0.2) is 12.4 Å². The molecule has 0 saturated heterocycles. The molecule has 0 aliphatic carbocycles. The minimum Gasteiger partial charge on any atom is -0.458 e. The third-order valence-corrected chi connectivity index (χ3v) is 3.02. The summed E-state index contributed by atoms with van der Waals surface area (Å²) in [6, 6.07) is 17.7. The first kappa shape index (κ1) is 17.1. The first-order valence-corrected chi connectivity index (χ1v) is 7.29. The summed E-state index contributed by atoms with van der Waals surface area (Å²) >= 11 is 0. The van der Waals surface area contributed by atoms with E-state index in [0.717, 1.165) is 17.7 Å². The lowest BCUT2D eigenvalue weighted by Crippen LogP contribution is -2.13. The lowest BCUT2D eigenvalue weighted by atomic mass is 10.1. The van der Waals surface area contributed by atoms with Crippen molar-refractivity contribution in [3.63, 3.8) is 0 Å². The third kappa shape index (κ3) is 5.88. The van der Waals surface area contributed by atoms with Crippen molar-refractivity contribution in [2.75, 3.05) is 6.61 Å². The predicted octanol–water partition coefficient (Wildman–Crippen LogP) is 2.71. The van der Waals surface area contributed by atoms with E-state index in [9.17, 15) is 14.4 Å². The minimum atomic E-state index is -0.782. The second kappa shape index (κ2) is 9.05. The molecule has 0 saturated carbocycles. The Hall–Kier alpha value is -3.21. The van der Waals surface area contributed by atoms with E-state index in [4.69, 9.17) is 9.47 Å². The van der Waals surface area contributed by atoms with E-state index in [1.165, 1.54) is 0 Å². The number of hydrogen-bond acceptors (Lipinski definition) is 5. The second-order valence-corrected chi connectivity index (χ2v) is 4.82. The molecule has 0 bridgehead atoms. The van der Waals surface area contributed by atoms with Crippen molar-refractivity contribution in [1.82, 2.24) is 0 Å². The van der Waals surface area contributed by atoms with Gasteiger partial charge >= 0.3 is 11.9 Å². The maximum Gasteiger partial charge on any atom is 0.331 e. The molecule has 2 rings (SSSR count). The lowest BCUT2D eigenvalue weighted by Gasteiger charge is -2.02. The van der Waals surface area contributed by atoms with Crippen LogP contribution in [-0.4, -0.2) is 24.3 Å². The number of carbonyl (C=O) groups is 3. The number of benzene rings is 2. The molecule has 0 aliphatic rings. The molecule has 2 aromatic carbocycles. The highest BCUT2D eigenvalue weighted by atomic mass is 16.5. The standard InChI is InChI=1S/C19H16O5/c20-17(16-9-5-2-6-10-16)14-24-19(22)12-11-18(21)23-13-15-7-3-1-4-8-15/h1-12H,13-14H2/b12-11+. The van der Waals surface area contributed by atoms with Crippen LogP contribution in [0.3, 0.4) is 0 Å². The number of Topliss-reactive ketones (excluding diaryl/α,β-unsaturated/α-hetero) is 1. The van der Waals surface area contributed by atoms with Crippen LogP contribution < -0.4 is 0 Å². The molecule has 5 nitrogen and oxygen atoms in total. The maximum atomic E-state index is 11.8. The van der Waals surface area contributed by atoms with Gasteiger partial charge in [-0.15, -0.1) is 0 Å². The number of rotatable bonds is 7. The zero-order valence-electron chi connectivity index (χ0n) is 12.9. The molecule has 122 valence electrons. The van der Waals surface area contributed by atoms with E-state index in [-0.39, 0.29) is 19.0 Å². The van der Waals surface area contributed by atoms with Crippen LogP contribution in [0.4, 0.5) is 0 Å². The topological polar surface area (TPSA) is 69.7 Å². The third-order valence-electron chi connectivity index (χ3n) is 3.02. The Balaban J connectivity index is 1.72. The average molecular weight is 324 g/mol. The van der Waals surface area contributed by atoms with Crippen molar-refractivity contribution in [3.8, 4) is 0 Å². The molecule has 0 N–H and O–H groups in total. The molecule has 2 aromatic rings. The monoisotopic (exact) mass is 324 g/mol. The van der Waals surface area contributed by atoms with Crippen LogP contribution in [-0.2, 0) is 25.7 Å². The van der Waals surface area contributed by atoms with E-state index in [1.54, 1.807) is 30.3 Å². The first-order valence-electron chi connectivity index (χ1n) is 7.29. The molecule has 0 unspecified atom stereocenters. The van der Waals surface area contributed by atoms with Gasteiger partial charge in [-0.2, -0.15) is 0 Å². The molecule has 0 spiro atoms.